The van der Waals surface area contributed by atoms with Gasteiger partial charge in [0.15, 0.2) is 0 Å². The third-order valence-electron chi connectivity index (χ3n) is 6.13. The summed E-state index contributed by atoms with van der Waals surface area (Å²) in [5.74, 6) is -5.21. The largest absolute Gasteiger partial charge is 0.416 e. The first-order chi connectivity index (χ1) is 18.0. The summed E-state index contributed by atoms with van der Waals surface area (Å²) in [7, 11) is 0. The average Bonchev–Trinajstić information content (AvgIpc) is 3.61. The van der Waals surface area contributed by atoms with Crippen molar-refractivity contribution in [2.75, 3.05) is 13.1 Å². The molecular formula is C25H23F8N3O3. The molecule has 1 saturated carbocycles. The van der Waals surface area contributed by atoms with Crippen LogP contribution < -0.4 is 10.6 Å². The lowest BCUT2D eigenvalue weighted by molar-refractivity contribution is -0.140. The maximum absolute atomic E-state index is 14.8. The summed E-state index contributed by atoms with van der Waals surface area (Å²) in [6, 6.07) is 3.21. The van der Waals surface area contributed by atoms with Crippen molar-refractivity contribution >= 4 is 17.7 Å². The molecule has 0 radical (unpaired) electrons. The molecule has 3 rings (SSSR count). The molecule has 0 unspecified atom stereocenters. The van der Waals surface area contributed by atoms with Gasteiger partial charge in [-0.2, -0.15) is 26.3 Å². The van der Waals surface area contributed by atoms with E-state index in [9.17, 15) is 49.5 Å². The second-order valence-electron chi connectivity index (χ2n) is 9.13. The van der Waals surface area contributed by atoms with E-state index in [-0.39, 0.29) is 36.6 Å². The van der Waals surface area contributed by atoms with Crippen LogP contribution in [0.2, 0.25) is 0 Å². The summed E-state index contributed by atoms with van der Waals surface area (Å²) in [6.07, 6.45) is -9.33. The highest BCUT2D eigenvalue weighted by molar-refractivity contribution is 6.01. The molecule has 39 heavy (non-hydrogen) atoms. The molecule has 0 saturated heterocycles. The van der Waals surface area contributed by atoms with Crippen LogP contribution in [-0.2, 0) is 11.0 Å². The van der Waals surface area contributed by atoms with E-state index < -0.39 is 71.0 Å². The van der Waals surface area contributed by atoms with Crippen LogP contribution in [0.25, 0.3) is 0 Å². The van der Waals surface area contributed by atoms with Crippen molar-refractivity contribution in [1.82, 2.24) is 15.5 Å². The number of carbonyl (C=O) groups excluding carboxylic acids is 3. The molecule has 6 nitrogen and oxygen atoms in total. The highest BCUT2D eigenvalue weighted by Crippen LogP contribution is 2.37. The van der Waals surface area contributed by atoms with Gasteiger partial charge >= 0.3 is 12.4 Å². The smallest absolute Gasteiger partial charge is 0.347 e. The van der Waals surface area contributed by atoms with Crippen molar-refractivity contribution in [2.24, 2.45) is 0 Å². The summed E-state index contributed by atoms with van der Waals surface area (Å²) < 4.78 is 105. The Balaban J connectivity index is 1.70. The normalized spacial score (nSPS) is 15.3. The molecule has 1 aliphatic carbocycles. The van der Waals surface area contributed by atoms with Crippen LogP contribution in [0.4, 0.5) is 35.1 Å². The van der Waals surface area contributed by atoms with E-state index in [4.69, 9.17) is 0 Å². The molecule has 14 heteroatoms. The maximum atomic E-state index is 14.8. The zero-order chi connectivity index (χ0) is 29.3. The van der Waals surface area contributed by atoms with E-state index in [1.807, 2.05) is 0 Å². The van der Waals surface area contributed by atoms with E-state index in [1.165, 1.54) is 13.8 Å². The molecule has 1 aliphatic rings. The molecule has 2 aromatic carbocycles. The van der Waals surface area contributed by atoms with E-state index in [1.54, 1.807) is 0 Å². The van der Waals surface area contributed by atoms with Crippen molar-refractivity contribution < 1.29 is 49.5 Å². The number of benzene rings is 2. The third kappa shape index (κ3) is 7.24. The fourth-order valence-electron chi connectivity index (χ4n) is 3.86. The Morgan fingerprint density at radius 3 is 2.13 bits per heavy atom. The number of rotatable bonds is 8. The number of hydrogen-bond donors (Lipinski definition) is 2. The summed E-state index contributed by atoms with van der Waals surface area (Å²) in [4.78, 5) is 38.3. The molecule has 0 aliphatic heterocycles. The monoisotopic (exact) mass is 565 g/mol. The Kier molecular flexibility index (Phi) is 8.27. The maximum Gasteiger partial charge on any atom is 0.416 e. The summed E-state index contributed by atoms with van der Waals surface area (Å²) >= 11 is 0. The number of carbonyl (C=O) groups is 3. The van der Waals surface area contributed by atoms with Crippen LogP contribution in [0.5, 0.6) is 0 Å². The van der Waals surface area contributed by atoms with Crippen LogP contribution in [0.1, 0.15) is 64.6 Å². The molecular weight excluding hydrogens is 542 g/mol. The van der Waals surface area contributed by atoms with Crippen molar-refractivity contribution in [3.05, 3.63) is 70.3 Å². The van der Waals surface area contributed by atoms with Crippen molar-refractivity contribution in [2.45, 2.75) is 50.6 Å². The average molecular weight is 565 g/mol. The van der Waals surface area contributed by atoms with Gasteiger partial charge in [-0.25, -0.2) is 8.78 Å². The Hall–Kier alpha value is -3.71. The first-order valence-corrected chi connectivity index (χ1v) is 11.6. The number of nitrogens with one attached hydrogen (secondary N) is 2. The van der Waals surface area contributed by atoms with Gasteiger partial charge in [0.05, 0.1) is 11.6 Å². The standard InChI is InChI=1S/C25H23F8N3O3/c1-3-36(12-24(28,29)30)21(38)14-4-5-18(19(27)10-14)13(2)34-22(39)23(6-7-23)35-20(37)15-8-16(25(31,32)33)11-17(26)9-15/h4-5,8-11,13H,3,6-7,12H2,1-2H3,(H,34,39)(H,35,37)/t13-/m1/s1. The second kappa shape index (κ2) is 10.8. The van der Waals surface area contributed by atoms with Gasteiger partial charge in [-0.3, -0.25) is 14.4 Å². The molecule has 1 atom stereocenters. The first kappa shape index (κ1) is 29.8. The fourth-order valence-corrected chi connectivity index (χ4v) is 3.86. The van der Waals surface area contributed by atoms with Gasteiger partial charge in [-0.15, -0.1) is 0 Å². The van der Waals surface area contributed by atoms with Crippen molar-refractivity contribution in [3.63, 3.8) is 0 Å². The number of amides is 3. The Labute approximate surface area is 217 Å². The molecule has 0 aromatic heterocycles. The predicted octanol–water partition coefficient (Wildman–Crippen LogP) is 5.15. The highest BCUT2D eigenvalue weighted by atomic mass is 19.4. The quantitative estimate of drug-likeness (QED) is 0.435. The third-order valence-corrected chi connectivity index (χ3v) is 6.13. The fraction of sp³-hybridized carbons (Fsp3) is 0.400. The predicted molar refractivity (Wildman–Crippen MR) is 121 cm³/mol. The molecule has 2 N–H and O–H groups in total. The SMILES string of the molecule is CCN(CC(F)(F)F)C(=O)c1ccc([C@@H](C)NC(=O)C2(NC(=O)c3cc(F)cc(C(F)(F)F)c3)CC2)c(F)c1. The number of hydrogen-bond acceptors (Lipinski definition) is 3. The zero-order valence-electron chi connectivity index (χ0n) is 20.6. The van der Waals surface area contributed by atoms with E-state index in [2.05, 4.69) is 10.6 Å². The lowest BCUT2D eigenvalue weighted by Gasteiger charge is -2.23. The van der Waals surface area contributed by atoms with Gasteiger partial charge in [-0.05, 0) is 57.0 Å². The summed E-state index contributed by atoms with van der Waals surface area (Å²) in [6.45, 7) is 0.927. The van der Waals surface area contributed by atoms with Gasteiger partial charge in [0.2, 0.25) is 5.91 Å². The van der Waals surface area contributed by atoms with E-state index in [0.717, 1.165) is 18.2 Å². The molecule has 0 heterocycles. The van der Waals surface area contributed by atoms with Crippen molar-refractivity contribution in [1.29, 1.82) is 0 Å². The molecule has 212 valence electrons. The van der Waals surface area contributed by atoms with E-state index in [0.29, 0.717) is 17.0 Å². The van der Waals surface area contributed by atoms with Gasteiger partial charge in [-0.1, -0.05) is 6.07 Å². The molecule has 3 amide bonds. The van der Waals surface area contributed by atoms with Crippen molar-refractivity contribution in [3.8, 4) is 0 Å². The van der Waals surface area contributed by atoms with Gasteiger partial charge in [0.1, 0.15) is 23.7 Å². The lowest BCUT2D eigenvalue weighted by Crippen LogP contribution is -2.49. The van der Waals surface area contributed by atoms with Gasteiger partial charge in [0, 0.05) is 23.2 Å². The summed E-state index contributed by atoms with van der Waals surface area (Å²) in [5.41, 5.74) is -3.98. The minimum Gasteiger partial charge on any atom is -0.347 e. The zero-order valence-corrected chi connectivity index (χ0v) is 20.6. The minimum absolute atomic E-state index is 0.110. The minimum atomic E-state index is -4.90. The van der Waals surface area contributed by atoms with Crippen LogP contribution in [0, 0.1) is 11.6 Å². The first-order valence-electron chi connectivity index (χ1n) is 11.6. The Morgan fingerprint density at radius 1 is 0.974 bits per heavy atom. The van der Waals surface area contributed by atoms with Crippen LogP contribution >= 0.6 is 0 Å². The van der Waals surface area contributed by atoms with E-state index >= 15 is 0 Å². The topological polar surface area (TPSA) is 78.5 Å². The number of nitrogens with zero attached hydrogens (tertiary/aromatic N) is 1. The summed E-state index contributed by atoms with van der Waals surface area (Å²) in [5, 5.41) is 4.77. The lowest BCUT2D eigenvalue weighted by atomic mass is 10.0. The highest BCUT2D eigenvalue weighted by Gasteiger charge is 2.51. The van der Waals surface area contributed by atoms with Crippen LogP contribution in [0.3, 0.4) is 0 Å². The Morgan fingerprint density at radius 2 is 1.62 bits per heavy atom. The number of halogens is 8. The molecule has 0 bridgehead atoms. The Bertz CT molecular complexity index is 1270. The van der Waals surface area contributed by atoms with Gasteiger partial charge in [0.25, 0.3) is 11.8 Å². The molecule has 0 spiro atoms. The molecule has 2 aromatic rings. The molecule has 1 fully saturated rings. The van der Waals surface area contributed by atoms with Crippen LogP contribution in [-0.4, -0.2) is 47.4 Å². The number of alkyl halides is 6. The van der Waals surface area contributed by atoms with Crippen LogP contribution in [0.15, 0.2) is 36.4 Å². The second-order valence-corrected chi connectivity index (χ2v) is 9.13. The van der Waals surface area contributed by atoms with Gasteiger partial charge < -0.3 is 15.5 Å².